The Morgan fingerprint density at radius 1 is 1.44 bits per heavy atom. The highest BCUT2D eigenvalue weighted by Crippen LogP contribution is 2.48. The zero-order valence-corrected chi connectivity index (χ0v) is 10.6. The van der Waals surface area contributed by atoms with E-state index >= 15 is 0 Å². The lowest BCUT2D eigenvalue weighted by atomic mass is 10.0. The number of rotatable bonds is 3. The molecule has 2 atom stereocenters. The number of benzene rings is 1. The molecule has 3 nitrogen and oxygen atoms in total. The average Bonchev–Trinajstić information content (AvgIpc) is 3.03. The topological polar surface area (TPSA) is 50.4 Å². The summed E-state index contributed by atoms with van der Waals surface area (Å²) in [4.78, 5) is 10.9. The first-order valence-corrected chi connectivity index (χ1v) is 6.36. The second-order valence-corrected chi connectivity index (χ2v) is 5.11. The SMILES string of the molecule is CCc1cc2cc(C3CC3C(=O)O)cc(C)c2o1. The van der Waals surface area contributed by atoms with Crippen molar-refractivity contribution < 1.29 is 14.3 Å². The summed E-state index contributed by atoms with van der Waals surface area (Å²) in [6, 6.07) is 6.21. The van der Waals surface area contributed by atoms with Crippen LogP contribution in [-0.4, -0.2) is 11.1 Å². The first-order chi connectivity index (χ1) is 8.60. The van der Waals surface area contributed by atoms with Crippen molar-refractivity contribution >= 4 is 16.9 Å². The molecule has 0 amide bonds. The van der Waals surface area contributed by atoms with Gasteiger partial charge >= 0.3 is 5.97 Å². The molecule has 0 spiro atoms. The largest absolute Gasteiger partial charge is 0.481 e. The van der Waals surface area contributed by atoms with Gasteiger partial charge in [0.15, 0.2) is 0 Å². The maximum absolute atomic E-state index is 10.9. The van der Waals surface area contributed by atoms with E-state index in [1.165, 1.54) is 0 Å². The number of carbonyl (C=O) groups is 1. The quantitative estimate of drug-likeness (QED) is 0.899. The predicted octanol–water partition coefficient (Wildman–Crippen LogP) is 3.49. The van der Waals surface area contributed by atoms with Crippen molar-refractivity contribution in [2.24, 2.45) is 5.92 Å². The fourth-order valence-corrected chi connectivity index (χ4v) is 2.64. The van der Waals surface area contributed by atoms with Gasteiger partial charge in [0.25, 0.3) is 0 Å². The number of aryl methyl sites for hydroxylation is 2. The van der Waals surface area contributed by atoms with Gasteiger partial charge in [0, 0.05) is 11.8 Å². The molecule has 1 aromatic carbocycles. The van der Waals surface area contributed by atoms with Gasteiger partial charge in [-0.1, -0.05) is 13.0 Å². The van der Waals surface area contributed by atoms with Crippen LogP contribution in [0.3, 0.4) is 0 Å². The maximum atomic E-state index is 10.9. The Morgan fingerprint density at radius 3 is 2.83 bits per heavy atom. The number of carboxylic acids is 1. The van der Waals surface area contributed by atoms with Crippen LogP contribution in [0.4, 0.5) is 0 Å². The summed E-state index contributed by atoms with van der Waals surface area (Å²) in [5, 5.41) is 10.1. The molecule has 2 aromatic rings. The molecular weight excluding hydrogens is 228 g/mol. The monoisotopic (exact) mass is 244 g/mol. The van der Waals surface area contributed by atoms with E-state index in [0.717, 1.165) is 40.7 Å². The van der Waals surface area contributed by atoms with E-state index in [1.54, 1.807) is 0 Å². The van der Waals surface area contributed by atoms with Crippen LogP contribution in [0, 0.1) is 12.8 Å². The third kappa shape index (κ3) is 1.70. The molecule has 3 heteroatoms. The van der Waals surface area contributed by atoms with Gasteiger partial charge in [-0.3, -0.25) is 4.79 Å². The van der Waals surface area contributed by atoms with Crippen LogP contribution in [0.25, 0.3) is 11.0 Å². The number of aliphatic carboxylic acids is 1. The Hall–Kier alpha value is -1.77. The predicted molar refractivity (Wildman–Crippen MR) is 68.8 cm³/mol. The summed E-state index contributed by atoms with van der Waals surface area (Å²) in [5.41, 5.74) is 3.16. The Kier molecular flexibility index (Phi) is 2.44. The molecule has 1 fully saturated rings. The van der Waals surface area contributed by atoms with Crippen LogP contribution in [0.2, 0.25) is 0 Å². The van der Waals surface area contributed by atoms with Crippen molar-refractivity contribution in [1.29, 1.82) is 0 Å². The molecule has 0 aliphatic heterocycles. The van der Waals surface area contributed by atoms with Crippen LogP contribution < -0.4 is 0 Å². The molecule has 1 aliphatic carbocycles. The lowest BCUT2D eigenvalue weighted by Crippen LogP contribution is -1.99. The summed E-state index contributed by atoms with van der Waals surface area (Å²) in [5.74, 6) is 0.292. The second kappa shape index (κ2) is 3.87. The van der Waals surface area contributed by atoms with Crippen LogP contribution in [0.1, 0.15) is 36.1 Å². The summed E-state index contributed by atoms with van der Waals surface area (Å²) >= 11 is 0. The first kappa shape index (κ1) is 11.3. The summed E-state index contributed by atoms with van der Waals surface area (Å²) in [6.45, 7) is 4.09. The number of hydrogen-bond donors (Lipinski definition) is 1. The van der Waals surface area contributed by atoms with Gasteiger partial charge < -0.3 is 9.52 Å². The van der Waals surface area contributed by atoms with Crippen molar-refractivity contribution in [1.82, 2.24) is 0 Å². The van der Waals surface area contributed by atoms with Gasteiger partial charge in [0.2, 0.25) is 0 Å². The van der Waals surface area contributed by atoms with Gasteiger partial charge in [0.1, 0.15) is 11.3 Å². The summed E-state index contributed by atoms with van der Waals surface area (Å²) in [6.07, 6.45) is 1.64. The first-order valence-electron chi connectivity index (χ1n) is 6.36. The zero-order valence-electron chi connectivity index (χ0n) is 10.6. The summed E-state index contributed by atoms with van der Waals surface area (Å²) < 4.78 is 5.76. The standard InChI is InChI=1S/C15H16O3/c1-3-11-6-10-5-9(4-8(2)14(10)18-11)12-7-13(12)15(16)17/h4-6,12-13H,3,7H2,1-2H3,(H,16,17). The van der Waals surface area contributed by atoms with E-state index < -0.39 is 5.97 Å². The van der Waals surface area contributed by atoms with E-state index in [0.29, 0.717) is 0 Å². The van der Waals surface area contributed by atoms with Gasteiger partial charge in [0.05, 0.1) is 5.92 Å². The normalized spacial score (nSPS) is 22.3. The molecule has 18 heavy (non-hydrogen) atoms. The lowest BCUT2D eigenvalue weighted by Gasteiger charge is -2.02. The molecule has 1 aromatic heterocycles. The van der Waals surface area contributed by atoms with E-state index in [-0.39, 0.29) is 11.8 Å². The van der Waals surface area contributed by atoms with Gasteiger partial charge in [-0.05, 0) is 42.5 Å². The highest BCUT2D eigenvalue weighted by molar-refractivity contribution is 5.83. The van der Waals surface area contributed by atoms with Crippen molar-refractivity contribution in [2.45, 2.75) is 32.6 Å². The number of carboxylic acid groups (broad SMARTS) is 1. The minimum atomic E-state index is -0.681. The van der Waals surface area contributed by atoms with Crippen molar-refractivity contribution in [3.05, 3.63) is 35.1 Å². The molecule has 2 unspecified atom stereocenters. The molecule has 1 aliphatic rings. The smallest absolute Gasteiger partial charge is 0.307 e. The van der Waals surface area contributed by atoms with Crippen molar-refractivity contribution in [3.8, 4) is 0 Å². The van der Waals surface area contributed by atoms with Gasteiger partial charge in [-0.2, -0.15) is 0 Å². The third-order valence-electron chi connectivity index (χ3n) is 3.76. The molecule has 1 saturated carbocycles. The molecular formula is C15H16O3. The van der Waals surface area contributed by atoms with E-state index in [2.05, 4.69) is 25.1 Å². The average molecular weight is 244 g/mol. The van der Waals surface area contributed by atoms with Gasteiger partial charge in [-0.15, -0.1) is 0 Å². The van der Waals surface area contributed by atoms with Crippen molar-refractivity contribution in [3.63, 3.8) is 0 Å². The number of furan rings is 1. The minimum absolute atomic E-state index is 0.186. The molecule has 1 heterocycles. The molecule has 0 saturated heterocycles. The Morgan fingerprint density at radius 2 is 2.22 bits per heavy atom. The molecule has 0 bridgehead atoms. The molecule has 3 rings (SSSR count). The van der Waals surface area contributed by atoms with E-state index in [4.69, 9.17) is 9.52 Å². The second-order valence-electron chi connectivity index (χ2n) is 5.11. The van der Waals surface area contributed by atoms with E-state index in [1.807, 2.05) is 6.92 Å². The van der Waals surface area contributed by atoms with Crippen LogP contribution >= 0.6 is 0 Å². The number of hydrogen-bond acceptors (Lipinski definition) is 2. The minimum Gasteiger partial charge on any atom is -0.481 e. The zero-order chi connectivity index (χ0) is 12.9. The fraction of sp³-hybridized carbons (Fsp3) is 0.400. The molecule has 0 radical (unpaired) electrons. The molecule has 1 N–H and O–H groups in total. The highest BCUT2D eigenvalue weighted by Gasteiger charge is 2.44. The number of fused-ring (bicyclic) bond motifs is 1. The Labute approximate surface area is 105 Å². The van der Waals surface area contributed by atoms with Gasteiger partial charge in [-0.25, -0.2) is 0 Å². The van der Waals surface area contributed by atoms with Crippen LogP contribution in [0.15, 0.2) is 22.6 Å². The fourth-order valence-electron chi connectivity index (χ4n) is 2.64. The van der Waals surface area contributed by atoms with Crippen LogP contribution in [-0.2, 0) is 11.2 Å². The third-order valence-corrected chi connectivity index (χ3v) is 3.76. The Balaban J connectivity index is 2.02. The summed E-state index contributed by atoms with van der Waals surface area (Å²) in [7, 11) is 0. The van der Waals surface area contributed by atoms with Crippen LogP contribution in [0.5, 0.6) is 0 Å². The van der Waals surface area contributed by atoms with Crippen molar-refractivity contribution in [2.75, 3.05) is 0 Å². The molecule has 94 valence electrons. The maximum Gasteiger partial charge on any atom is 0.307 e. The Bertz CT molecular complexity index is 624. The van der Waals surface area contributed by atoms with E-state index in [9.17, 15) is 4.79 Å². The lowest BCUT2D eigenvalue weighted by molar-refractivity contribution is -0.138. The highest BCUT2D eigenvalue weighted by atomic mass is 16.4.